The maximum atomic E-state index is 10.5. The molecule has 0 spiro atoms. The zero-order chi connectivity index (χ0) is 16.2. The van der Waals surface area contributed by atoms with Gasteiger partial charge in [0.25, 0.3) is 0 Å². The van der Waals surface area contributed by atoms with Crippen molar-refractivity contribution >= 4 is 5.96 Å². The van der Waals surface area contributed by atoms with Crippen LogP contribution in [-0.2, 0) is 19.2 Å². The van der Waals surface area contributed by atoms with E-state index < -0.39 is 5.60 Å². The molecule has 0 bridgehead atoms. The number of aromatic nitrogens is 2. The Balaban J connectivity index is 1.94. The molecule has 0 saturated heterocycles. The lowest BCUT2D eigenvalue weighted by molar-refractivity contribution is 0.0381. The van der Waals surface area contributed by atoms with Crippen LogP contribution in [0.2, 0.25) is 0 Å². The summed E-state index contributed by atoms with van der Waals surface area (Å²) in [6, 6.07) is 3.51. The van der Waals surface area contributed by atoms with Gasteiger partial charge in [-0.3, -0.25) is 9.67 Å². The van der Waals surface area contributed by atoms with Crippen molar-refractivity contribution in [1.82, 2.24) is 20.0 Å². The number of aliphatic hydroxyl groups is 1. The Morgan fingerprint density at radius 3 is 2.91 bits per heavy atom. The summed E-state index contributed by atoms with van der Waals surface area (Å²) in [6.45, 7) is 2.67. The van der Waals surface area contributed by atoms with Gasteiger partial charge in [-0.2, -0.15) is 5.10 Å². The summed E-state index contributed by atoms with van der Waals surface area (Å²) in [5.74, 6) is 1.21. The van der Waals surface area contributed by atoms with Gasteiger partial charge in [-0.05, 0) is 19.1 Å². The van der Waals surface area contributed by atoms with Gasteiger partial charge in [-0.1, -0.05) is 0 Å². The zero-order valence-electron chi connectivity index (χ0n) is 13.4. The number of hydrogen-bond acceptors (Lipinski definition) is 4. The minimum absolute atomic E-state index is 0.296. The molecule has 2 rings (SSSR count). The third-order valence-electron chi connectivity index (χ3n) is 3.39. The Labute approximate surface area is 130 Å². The quantitative estimate of drug-likeness (QED) is 0.634. The molecule has 0 aliphatic heterocycles. The molecule has 2 heterocycles. The van der Waals surface area contributed by atoms with Gasteiger partial charge < -0.3 is 19.7 Å². The number of hydrogen-bond donors (Lipinski definition) is 2. The van der Waals surface area contributed by atoms with E-state index in [1.54, 1.807) is 37.0 Å². The molecule has 2 aromatic heterocycles. The van der Waals surface area contributed by atoms with Crippen LogP contribution < -0.4 is 5.32 Å². The van der Waals surface area contributed by atoms with Crippen LogP contribution in [0.5, 0.6) is 0 Å². The maximum absolute atomic E-state index is 10.5. The summed E-state index contributed by atoms with van der Waals surface area (Å²) in [7, 11) is 5.53. The van der Waals surface area contributed by atoms with E-state index in [1.165, 1.54) is 0 Å². The third-order valence-corrected chi connectivity index (χ3v) is 3.39. The summed E-state index contributed by atoms with van der Waals surface area (Å²) in [6.07, 6.45) is 5.33. The number of aryl methyl sites for hydroxylation is 1. The van der Waals surface area contributed by atoms with Gasteiger partial charge >= 0.3 is 0 Å². The number of rotatable bonds is 5. The van der Waals surface area contributed by atoms with Crippen LogP contribution in [-0.4, -0.2) is 46.4 Å². The first-order valence-electron chi connectivity index (χ1n) is 7.08. The smallest absolute Gasteiger partial charge is 0.193 e. The number of aliphatic imine (C=N–C) groups is 1. The van der Waals surface area contributed by atoms with Crippen LogP contribution in [0.1, 0.15) is 18.2 Å². The lowest BCUT2D eigenvalue weighted by Crippen LogP contribution is -2.44. The van der Waals surface area contributed by atoms with Gasteiger partial charge in [-0.25, -0.2) is 0 Å². The molecule has 0 aromatic carbocycles. The molecule has 7 heteroatoms. The first-order chi connectivity index (χ1) is 10.4. The van der Waals surface area contributed by atoms with Crippen molar-refractivity contribution in [3.8, 4) is 0 Å². The predicted octanol–water partition coefficient (Wildman–Crippen LogP) is 0.928. The van der Waals surface area contributed by atoms with E-state index >= 15 is 0 Å². The summed E-state index contributed by atoms with van der Waals surface area (Å²) in [5.41, 5.74) is -0.0139. The van der Waals surface area contributed by atoms with Crippen molar-refractivity contribution in [2.24, 2.45) is 12.0 Å². The summed E-state index contributed by atoms with van der Waals surface area (Å²) >= 11 is 0. The van der Waals surface area contributed by atoms with Crippen molar-refractivity contribution in [2.45, 2.75) is 19.1 Å². The van der Waals surface area contributed by atoms with Crippen molar-refractivity contribution in [1.29, 1.82) is 0 Å². The van der Waals surface area contributed by atoms with E-state index in [0.717, 1.165) is 5.56 Å². The summed E-state index contributed by atoms with van der Waals surface area (Å²) < 4.78 is 7.03. The number of nitrogens with one attached hydrogen (secondary N) is 1. The molecule has 0 fully saturated rings. The molecule has 7 nitrogen and oxygen atoms in total. The van der Waals surface area contributed by atoms with E-state index in [2.05, 4.69) is 15.4 Å². The molecule has 22 heavy (non-hydrogen) atoms. The lowest BCUT2D eigenvalue weighted by atomic mass is 10.0. The van der Waals surface area contributed by atoms with Gasteiger partial charge in [0.1, 0.15) is 11.4 Å². The lowest BCUT2D eigenvalue weighted by Gasteiger charge is -2.26. The Bertz CT molecular complexity index is 616. The third kappa shape index (κ3) is 3.88. The van der Waals surface area contributed by atoms with E-state index in [-0.39, 0.29) is 0 Å². The second-order valence-electron chi connectivity index (χ2n) is 5.53. The average Bonchev–Trinajstić information content (AvgIpc) is 3.11. The Kier molecular flexibility index (Phi) is 4.87. The Morgan fingerprint density at radius 1 is 1.59 bits per heavy atom. The van der Waals surface area contributed by atoms with Gasteiger partial charge in [0, 0.05) is 39.4 Å². The first-order valence-corrected chi connectivity index (χ1v) is 7.08. The van der Waals surface area contributed by atoms with Crippen LogP contribution in [0.25, 0.3) is 0 Å². The number of nitrogens with zero attached hydrogens (tertiary/aromatic N) is 4. The largest absolute Gasteiger partial charge is 0.466 e. The van der Waals surface area contributed by atoms with Crippen LogP contribution in [0, 0.1) is 0 Å². The van der Waals surface area contributed by atoms with Crippen molar-refractivity contribution in [3.63, 3.8) is 0 Å². The first kappa shape index (κ1) is 16.1. The molecule has 120 valence electrons. The fourth-order valence-corrected chi connectivity index (χ4v) is 2.21. The summed E-state index contributed by atoms with van der Waals surface area (Å²) in [5, 5.41) is 17.8. The van der Waals surface area contributed by atoms with E-state index in [1.807, 2.05) is 31.4 Å². The molecule has 0 aliphatic carbocycles. The molecule has 0 radical (unpaired) electrons. The SMILES string of the molecule is CN=C(NCC(C)(O)c1ccco1)N(C)Cc1cnn(C)c1. The topological polar surface area (TPSA) is 78.8 Å². The molecule has 0 amide bonds. The minimum Gasteiger partial charge on any atom is -0.466 e. The maximum Gasteiger partial charge on any atom is 0.193 e. The highest BCUT2D eigenvalue weighted by Gasteiger charge is 2.26. The predicted molar refractivity (Wildman–Crippen MR) is 84.3 cm³/mol. The van der Waals surface area contributed by atoms with Crippen LogP contribution >= 0.6 is 0 Å². The molecule has 2 N–H and O–H groups in total. The molecule has 0 aliphatic rings. The standard InChI is InChI=1S/C15H23N5O2/c1-15(21,13-6-5-7-22-13)11-17-14(16-2)19(3)9-12-8-18-20(4)10-12/h5-8,10,21H,9,11H2,1-4H3,(H,16,17). The van der Waals surface area contributed by atoms with E-state index in [9.17, 15) is 5.11 Å². The van der Waals surface area contributed by atoms with Crippen LogP contribution in [0.3, 0.4) is 0 Å². The highest BCUT2D eigenvalue weighted by atomic mass is 16.4. The van der Waals surface area contributed by atoms with E-state index in [0.29, 0.717) is 24.8 Å². The fraction of sp³-hybridized carbons (Fsp3) is 0.467. The molecular formula is C15H23N5O2. The second-order valence-corrected chi connectivity index (χ2v) is 5.53. The second kappa shape index (κ2) is 6.65. The fourth-order valence-electron chi connectivity index (χ4n) is 2.21. The van der Waals surface area contributed by atoms with Gasteiger partial charge in [0.05, 0.1) is 19.0 Å². The Hall–Kier alpha value is -2.28. The van der Waals surface area contributed by atoms with Crippen molar-refractivity contribution in [2.75, 3.05) is 20.6 Å². The molecule has 1 unspecified atom stereocenters. The van der Waals surface area contributed by atoms with Crippen LogP contribution in [0.4, 0.5) is 0 Å². The van der Waals surface area contributed by atoms with Crippen molar-refractivity contribution < 1.29 is 9.52 Å². The monoisotopic (exact) mass is 305 g/mol. The molecule has 0 saturated carbocycles. The highest BCUT2D eigenvalue weighted by molar-refractivity contribution is 5.79. The number of guanidine groups is 1. The zero-order valence-corrected chi connectivity index (χ0v) is 13.4. The number of furan rings is 1. The van der Waals surface area contributed by atoms with Crippen LogP contribution in [0.15, 0.2) is 40.2 Å². The van der Waals surface area contributed by atoms with E-state index in [4.69, 9.17) is 4.42 Å². The van der Waals surface area contributed by atoms with Crippen molar-refractivity contribution in [3.05, 3.63) is 42.1 Å². The Morgan fingerprint density at radius 2 is 2.36 bits per heavy atom. The van der Waals surface area contributed by atoms with Gasteiger partial charge in [0.15, 0.2) is 5.96 Å². The average molecular weight is 305 g/mol. The highest BCUT2D eigenvalue weighted by Crippen LogP contribution is 2.19. The summed E-state index contributed by atoms with van der Waals surface area (Å²) in [4.78, 5) is 6.21. The normalized spacial score (nSPS) is 14.7. The van der Waals surface area contributed by atoms with Gasteiger partial charge in [-0.15, -0.1) is 0 Å². The van der Waals surface area contributed by atoms with Gasteiger partial charge in [0.2, 0.25) is 0 Å². The minimum atomic E-state index is -1.10. The molecule has 2 aromatic rings. The molecular weight excluding hydrogens is 282 g/mol. The molecule has 1 atom stereocenters.